The van der Waals surface area contributed by atoms with Gasteiger partial charge in [0.2, 0.25) is 5.01 Å². The highest BCUT2D eigenvalue weighted by Crippen LogP contribution is 2.18. The van der Waals surface area contributed by atoms with Gasteiger partial charge < -0.3 is 10.4 Å². The number of nitrogens with zero attached hydrogens (tertiary/aromatic N) is 1. The van der Waals surface area contributed by atoms with E-state index in [2.05, 4.69) is 28.5 Å². The smallest absolute Gasteiger partial charge is 0.365 e. The number of aromatic nitrogens is 1. The number of aromatic carboxylic acids is 1. The molecular formula is C13H14N2O2S. The highest BCUT2D eigenvalue weighted by atomic mass is 32.1. The summed E-state index contributed by atoms with van der Waals surface area (Å²) in [5.74, 6) is -0.974. The van der Waals surface area contributed by atoms with Crippen LogP contribution in [0.1, 0.15) is 26.6 Å². The number of hydrogen-bond donors (Lipinski definition) is 2. The molecule has 0 spiro atoms. The second-order valence-electron chi connectivity index (χ2n) is 4.12. The molecule has 4 nitrogen and oxygen atoms in total. The van der Waals surface area contributed by atoms with Crippen LogP contribution in [0.5, 0.6) is 0 Å². The molecule has 0 saturated carbocycles. The second kappa shape index (κ2) is 5.18. The standard InChI is InChI=1S/C13H14N2O2S/c1-8-3-4-9(2)11(5-8)14-6-10-7-18-12(15-10)13(16)17/h3-5,7,14H,6H2,1-2H3,(H,16,17). The molecule has 0 aliphatic rings. The van der Waals surface area contributed by atoms with Crippen molar-refractivity contribution in [1.29, 1.82) is 0 Å². The van der Waals surface area contributed by atoms with Gasteiger partial charge in [-0.15, -0.1) is 11.3 Å². The third-order valence-electron chi connectivity index (χ3n) is 2.59. The van der Waals surface area contributed by atoms with E-state index in [1.165, 1.54) is 5.56 Å². The third kappa shape index (κ3) is 2.87. The van der Waals surface area contributed by atoms with Crippen LogP contribution in [0.25, 0.3) is 0 Å². The maximum Gasteiger partial charge on any atom is 0.365 e. The molecule has 0 aliphatic carbocycles. The van der Waals surface area contributed by atoms with Crippen LogP contribution >= 0.6 is 11.3 Å². The van der Waals surface area contributed by atoms with Gasteiger partial charge in [0, 0.05) is 11.1 Å². The van der Waals surface area contributed by atoms with Gasteiger partial charge in [-0.05, 0) is 31.0 Å². The van der Waals surface area contributed by atoms with Crippen molar-refractivity contribution in [3.05, 3.63) is 45.4 Å². The predicted molar refractivity (Wildman–Crippen MR) is 72.3 cm³/mol. The van der Waals surface area contributed by atoms with Crippen LogP contribution in [-0.2, 0) is 6.54 Å². The largest absolute Gasteiger partial charge is 0.476 e. The Bertz CT molecular complexity index is 578. The van der Waals surface area contributed by atoms with Crippen LogP contribution < -0.4 is 5.32 Å². The van der Waals surface area contributed by atoms with E-state index >= 15 is 0 Å². The number of anilines is 1. The average molecular weight is 262 g/mol. The van der Waals surface area contributed by atoms with Crippen molar-refractivity contribution >= 4 is 23.0 Å². The zero-order valence-electron chi connectivity index (χ0n) is 10.2. The number of aryl methyl sites for hydroxylation is 2. The van der Waals surface area contributed by atoms with Crippen LogP contribution in [0.3, 0.4) is 0 Å². The number of hydrogen-bond acceptors (Lipinski definition) is 4. The summed E-state index contributed by atoms with van der Waals surface area (Å²) in [5, 5.41) is 14.0. The summed E-state index contributed by atoms with van der Waals surface area (Å²) >= 11 is 1.15. The van der Waals surface area contributed by atoms with Crippen molar-refractivity contribution in [2.75, 3.05) is 5.32 Å². The maximum absolute atomic E-state index is 10.7. The van der Waals surface area contributed by atoms with Crippen LogP contribution in [0.2, 0.25) is 0 Å². The van der Waals surface area contributed by atoms with Crippen molar-refractivity contribution < 1.29 is 9.90 Å². The van der Waals surface area contributed by atoms with Crippen molar-refractivity contribution in [1.82, 2.24) is 4.98 Å². The lowest BCUT2D eigenvalue weighted by Crippen LogP contribution is -2.03. The van der Waals surface area contributed by atoms with Crippen LogP contribution in [0, 0.1) is 13.8 Å². The number of carboxylic acid groups (broad SMARTS) is 1. The number of nitrogens with one attached hydrogen (secondary N) is 1. The molecule has 18 heavy (non-hydrogen) atoms. The Labute approximate surface area is 109 Å². The van der Waals surface area contributed by atoms with E-state index in [-0.39, 0.29) is 5.01 Å². The fourth-order valence-corrected chi connectivity index (χ4v) is 2.25. The zero-order valence-corrected chi connectivity index (χ0v) is 11.0. The van der Waals surface area contributed by atoms with E-state index < -0.39 is 5.97 Å². The fourth-order valence-electron chi connectivity index (χ4n) is 1.60. The quantitative estimate of drug-likeness (QED) is 0.889. The van der Waals surface area contributed by atoms with Gasteiger partial charge in [-0.2, -0.15) is 0 Å². The van der Waals surface area contributed by atoms with Gasteiger partial charge in [-0.3, -0.25) is 0 Å². The summed E-state index contributed by atoms with van der Waals surface area (Å²) in [7, 11) is 0. The van der Waals surface area contributed by atoms with Crippen LogP contribution in [0.15, 0.2) is 23.6 Å². The van der Waals surface area contributed by atoms with E-state index in [4.69, 9.17) is 5.11 Å². The predicted octanol–water partition coefficient (Wildman–Crippen LogP) is 3.07. The van der Waals surface area contributed by atoms with E-state index in [1.807, 2.05) is 13.8 Å². The molecule has 2 aromatic rings. The van der Waals surface area contributed by atoms with Gasteiger partial charge >= 0.3 is 5.97 Å². The first-order valence-corrected chi connectivity index (χ1v) is 6.43. The molecule has 0 amide bonds. The Morgan fingerprint density at radius 1 is 1.44 bits per heavy atom. The summed E-state index contributed by atoms with van der Waals surface area (Å²) in [6.45, 7) is 4.61. The SMILES string of the molecule is Cc1ccc(C)c(NCc2csc(C(=O)O)n2)c1. The van der Waals surface area contributed by atoms with E-state index in [1.54, 1.807) is 5.38 Å². The summed E-state index contributed by atoms with van der Waals surface area (Å²) < 4.78 is 0. The third-order valence-corrected chi connectivity index (χ3v) is 3.47. The Kier molecular flexibility index (Phi) is 3.62. The Balaban J connectivity index is 2.06. The summed E-state index contributed by atoms with van der Waals surface area (Å²) in [6.07, 6.45) is 0. The molecule has 0 aliphatic heterocycles. The molecule has 1 heterocycles. The van der Waals surface area contributed by atoms with Gasteiger partial charge in [-0.1, -0.05) is 12.1 Å². The zero-order chi connectivity index (χ0) is 13.1. The first-order valence-electron chi connectivity index (χ1n) is 5.55. The lowest BCUT2D eigenvalue weighted by Gasteiger charge is -2.08. The molecule has 5 heteroatoms. The normalized spacial score (nSPS) is 10.3. The molecule has 0 unspecified atom stereocenters. The molecule has 1 aromatic heterocycles. The molecular weight excluding hydrogens is 248 g/mol. The minimum atomic E-state index is -0.974. The van der Waals surface area contributed by atoms with E-state index in [0.29, 0.717) is 6.54 Å². The topological polar surface area (TPSA) is 62.2 Å². The Morgan fingerprint density at radius 3 is 2.89 bits per heavy atom. The molecule has 0 bridgehead atoms. The second-order valence-corrected chi connectivity index (χ2v) is 4.98. The molecule has 0 atom stereocenters. The molecule has 2 rings (SSSR count). The Hall–Kier alpha value is -1.88. The summed E-state index contributed by atoms with van der Waals surface area (Å²) in [5.41, 5.74) is 4.15. The number of carbonyl (C=O) groups is 1. The maximum atomic E-state index is 10.7. The minimum absolute atomic E-state index is 0.132. The lowest BCUT2D eigenvalue weighted by atomic mass is 10.1. The van der Waals surface area contributed by atoms with E-state index in [9.17, 15) is 4.79 Å². The average Bonchev–Trinajstić information content (AvgIpc) is 2.79. The summed E-state index contributed by atoms with van der Waals surface area (Å²) in [4.78, 5) is 14.7. The van der Waals surface area contributed by atoms with Gasteiger partial charge in [0.1, 0.15) is 0 Å². The first kappa shape index (κ1) is 12.6. The first-order chi connectivity index (χ1) is 8.56. The highest BCUT2D eigenvalue weighted by Gasteiger charge is 2.08. The van der Waals surface area contributed by atoms with Gasteiger partial charge in [0.25, 0.3) is 0 Å². The molecule has 0 fully saturated rings. The van der Waals surface area contributed by atoms with Gasteiger partial charge in [-0.25, -0.2) is 9.78 Å². The number of carboxylic acids is 1. The molecule has 94 valence electrons. The monoisotopic (exact) mass is 262 g/mol. The van der Waals surface area contributed by atoms with Crippen molar-refractivity contribution in [2.45, 2.75) is 20.4 Å². The van der Waals surface area contributed by atoms with Crippen LogP contribution in [0.4, 0.5) is 5.69 Å². The fraction of sp³-hybridized carbons (Fsp3) is 0.231. The van der Waals surface area contributed by atoms with E-state index in [0.717, 1.165) is 28.3 Å². The minimum Gasteiger partial charge on any atom is -0.476 e. The molecule has 0 radical (unpaired) electrons. The summed E-state index contributed by atoms with van der Waals surface area (Å²) in [6, 6.07) is 6.19. The lowest BCUT2D eigenvalue weighted by molar-refractivity contribution is 0.0696. The number of thiazole rings is 1. The van der Waals surface area contributed by atoms with Crippen molar-refractivity contribution in [3.8, 4) is 0 Å². The number of rotatable bonds is 4. The molecule has 1 aromatic carbocycles. The van der Waals surface area contributed by atoms with Crippen LogP contribution in [-0.4, -0.2) is 16.1 Å². The van der Waals surface area contributed by atoms with Gasteiger partial charge in [0.05, 0.1) is 12.2 Å². The highest BCUT2D eigenvalue weighted by molar-refractivity contribution is 7.11. The molecule has 0 saturated heterocycles. The van der Waals surface area contributed by atoms with Gasteiger partial charge in [0.15, 0.2) is 0 Å². The number of benzene rings is 1. The van der Waals surface area contributed by atoms with Crippen molar-refractivity contribution in [3.63, 3.8) is 0 Å². The Morgan fingerprint density at radius 2 is 2.22 bits per heavy atom. The molecule has 2 N–H and O–H groups in total. The van der Waals surface area contributed by atoms with Crippen molar-refractivity contribution in [2.24, 2.45) is 0 Å².